The maximum Gasteiger partial charge on any atom is 0.252 e. The maximum absolute atomic E-state index is 12.3. The molecule has 0 aliphatic carbocycles. The van der Waals surface area contributed by atoms with E-state index in [2.05, 4.69) is 5.32 Å². The molecule has 8 N–H and O–H groups in total. The van der Waals surface area contributed by atoms with Crippen LogP contribution < -0.4 is 5.32 Å². The van der Waals surface area contributed by atoms with Gasteiger partial charge in [-0.05, 0) is 13.3 Å². The minimum atomic E-state index is -1.93. The highest BCUT2D eigenvalue weighted by Gasteiger charge is 2.47. The molecule has 1 rings (SSSR count). The SMILES string of the molecule is [2H]CCNC(=O)[C@H](O[C@@H]1O[C@H](CO)[C@@H](O)[C@H](O)[C@H]1O)[C@@H](O)[C@H](O)[C@H](O)CC. The number of likely N-dealkylation sites (N-methyl/N-ethyl adjacent to an activating group) is 1. The molecule has 0 unspecified atom stereocenters. The lowest BCUT2D eigenvalue weighted by Crippen LogP contribution is -2.62. The van der Waals surface area contributed by atoms with E-state index in [0.717, 1.165) is 0 Å². The third-order valence-electron chi connectivity index (χ3n) is 4.16. The van der Waals surface area contributed by atoms with Crippen molar-refractivity contribution in [3.63, 3.8) is 0 Å². The lowest BCUT2D eigenvalue weighted by Gasteiger charge is -2.41. The summed E-state index contributed by atoms with van der Waals surface area (Å²) in [5.74, 6) is -0.950. The lowest BCUT2D eigenvalue weighted by atomic mass is 9.98. The molecule has 0 spiro atoms. The Bertz CT molecular complexity index is 456. The molecule has 0 bridgehead atoms. The summed E-state index contributed by atoms with van der Waals surface area (Å²) >= 11 is 0. The topological polar surface area (TPSA) is 189 Å². The maximum atomic E-state index is 12.3. The van der Waals surface area contributed by atoms with Gasteiger partial charge in [0.1, 0.15) is 36.6 Å². The van der Waals surface area contributed by atoms with Crippen LogP contribution in [0.4, 0.5) is 0 Å². The lowest BCUT2D eigenvalue weighted by molar-refractivity contribution is -0.316. The van der Waals surface area contributed by atoms with Crippen molar-refractivity contribution in [3.05, 3.63) is 0 Å². The van der Waals surface area contributed by atoms with Crippen molar-refractivity contribution in [2.24, 2.45) is 0 Å². The molecule has 0 saturated carbocycles. The van der Waals surface area contributed by atoms with Gasteiger partial charge in [0.25, 0.3) is 5.91 Å². The molecule has 1 aliphatic rings. The van der Waals surface area contributed by atoms with Gasteiger partial charge in [-0.3, -0.25) is 4.79 Å². The fraction of sp³-hybridized carbons (Fsp3) is 0.933. The van der Waals surface area contributed by atoms with Crippen LogP contribution in [0.2, 0.25) is 0 Å². The van der Waals surface area contributed by atoms with Crippen molar-refractivity contribution in [1.82, 2.24) is 5.32 Å². The van der Waals surface area contributed by atoms with Crippen LogP contribution in [0.3, 0.4) is 0 Å². The number of hydrogen-bond acceptors (Lipinski definition) is 10. The van der Waals surface area contributed by atoms with Gasteiger partial charge < -0.3 is 50.5 Å². The minimum absolute atomic E-state index is 0.0688. The molecule has 11 nitrogen and oxygen atoms in total. The van der Waals surface area contributed by atoms with Gasteiger partial charge in [-0.15, -0.1) is 0 Å². The summed E-state index contributed by atoms with van der Waals surface area (Å²) in [6.45, 7) is 0.551. The number of hydrogen-bond donors (Lipinski definition) is 8. The summed E-state index contributed by atoms with van der Waals surface area (Å²) in [5, 5.41) is 71.0. The van der Waals surface area contributed by atoms with Crippen LogP contribution in [-0.4, -0.2) is 110 Å². The number of carbonyl (C=O) groups is 1. The number of rotatable bonds is 9. The van der Waals surface area contributed by atoms with Crippen molar-refractivity contribution in [2.75, 3.05) is 13.2 Å². The second-order valence-corrected chi connectivity index (χ2v) is 6.00. The highest BCUT2D eigenvalue weighted by molar-refractivity contribution is 5.81. The molecule has 1 fully saturated rings. The molecule has 0 aromatic carbocycles. The third-order valence-corrected chi connectivity index (χ3v) is 4.16. The normalized spacial score (nSPS) is 34.5. The number of aliphatic hydroxyl groups is 7. The molecule has 9 atom stereocenters. The summed E-state index contributed by atoms with van der Waals surface area (Å²) in [6.07, 6.45) is -15.1. The van der Waals surface area contributed by atoms with Gasteiger partial charge >= 0.3 is 0 Å². The first-order chi connectivity index (χ1) is 12.7. The predicted molar refractivity (Wildman–Crippen MR) is 85.6 cm³/mol. The van der Waals surface area contributed by atoms with Gasteiger partial charge in [0.05, 0.1) is 12.7 Å². The smallest absolute Gasteiger partial charge is 0.252 e. The Morgan fingerprint density at radius 1 is 1.19 bits per heavy atom. The molecule has 1 heterocycles. The van der Waals surface area contributed by atoms with E-state index in [0.29, 0.717) is 0 Å². The Morgan fingerprint density at radius 2 is 1.85 bits per heavy atom. The number of ether oxygens (including phenoxy) is 2. The summed E-state index contributed by atoms with van der Waals surface area (Å²) < 4.78 is 17.4. The molecular weight excluding hydrogens is 354 g/mol. The summed E-state index contributed by atoms with van der Waals surface area (Å²) in [7, 11) is 0. The van der Waals surface area contributed by atoms with Crippen molar-refractivity contribution >= 4 is 5.91 Å². The molecule has 154 valence electrons. The molecule has 1 amide bonds. The van der Waals surface area contributed by atoms with Crippen LogP contribution in [0.15, 0.2) is 0 Å². The zero-order chi connectivity index (χ0) is 20.7. The number of aliphatic hydroxyl groups excluding tert-OH is 7. The van der Waals surface area contributed by atoms with Crippen LogP contribution in [0.5, 0.6) is 0 Å². The third kappa shape index (κ3) is 5.31. The molecule has 11 heteroatoms. The zero-order valence-corrected chi connectivity index (χ0v) is 14.4. The number of amides is 1. The standard InChI is InChI=1S/C15H29NO10/c1-3-6(18)8(19)11(22)13(14(24)16-4-2)26-15-12(23)10(21)9(20)7(5-17)25-15/h6-13,15,17-23H,3-5H2,1-2H3,(H,16,24)/t6-,7-,8-,9-,10+,11+,12-,13-,15+/m1/s1/i2D. The van der Waals surface area contributed by atoms with E-state index >= 15 is 0 Å². The average molecular weight is 384 g/mol. The fourth-order valence-electron chi connectivity index (χ4n) is 2.49. The van der Waals surface area contributed by atoms with E-state index in [1.165, 1.54) is 6.92 Å². The molecule has 1 saturated heterocycles. The van der Waals surface area contributed by atoms with Crippen LogP contribution in [-0.2, 0) is 14.3 Å². The van der Waals surface area contributed by atoms with Crippen LogP contribution in [0.1, 0.15) is 21.6 Å². The molecule has 0 aromatic rings. The molecule has 0 radical (unpaired) electrons. The highest BCUT2D eigenvalue weighted by atomic mass is 16.7. The second-order valence-electron chi connectivity index (χ2n) is 6.00. The molecule has 26 heavy (non-hydrogen) atoms. The van der Waals surface area contributed by atoms with E-state index in [9.17, 15) is 40.5 Å². The van der Waals surface area contributed by atoms with Gasteiger partial charge in [0.15, 0.2) is 12.4 Å². The van der Waals surface area contributed by atoms with Gasteiger partial charge in [0, 0.05) is 7.92 Å². The van der Waals surface area contributed by atoms with Gasteiger partial charge in [-0.1, -0.05) is 6.92 Å². The minimum Gasteiger partial charge on any atom is -0.394 e. The van der Waals surface area contributed by atoms with E-state index in [1.54, 1.807) is 0 Å². The Hall–Kier alpha value is -0.890. The van der Waals surface area contributed by atoms with E-state index in [-0.39, 0.29) is 19.9 Å². The van der Waals surface area contributed by atoms with Crippen molar-refractivity contribution in [3.8, 4) is 0 Å². The van der Waals surface area contributed by atoms with Crippen LogP contribution in [0.25, 0.3) is 0 Å². The zero-order valence-electron chi connectivity index (χ0n) is 15.4. The Morgan fingerprint density at radius 3 is 2.38 bits per heavy atom. The van der Waals surface area contributed by atoms with Crippen molar-refractivity contribution in [2.45, 2.75) is 75.4 Å². The first kappa shape index (κ1) is 21.4. The summed E-state index contributed by atoms with van der Waals surface area (Å²) in [6, 6.07) is 0. The Labute approximate surface area is 152 Å². The molecule has 1 aliphatic heterocycles. The average Bonchev–Trinajstić information content (AvgIpc) is 2.67. The largest absolute Gasteiger partial charge is 0.394 e. The van der Waals surface area contributed by atoms with E-state index in [4.69, 9.17) is 10.8 Å². The number of nitrogens with one attached hydrogen (secondary N) is 1. The van der Waals surface area contributed by atoms with Gasteiger partial charge in [-0.25, -0.2) is 0 Å². The Kier molecular flexibility index (Phi) is 8.60. The van der Waals surface area contributed by atoms with Gasteiger partial charge in [-0.2, -0.15) is 0 Å². The monoisotopic (exact) mass is 384 g/mol. The second kappa shape index (κ2) is 10.4. The predicted octanol–water partition coefficient (Wildman–Crippen LogP) is -4.20. The van der Waals surface area contributed by atoms with Crippen molar-refractivity contribution < 1.29 is 51.4 Å². The first-order valence-corrected chi connectivity index (χ1v) is 8.26. The fourth-order valence-corrected chi connectivity index (χ4v) is 2.49. The van der Waals surface area contributed by atoms with Crippen molar-refractivity contribution in [1.29, 1.82) is 0 Å². The molecular formula is C15H29NO10. The quantitative estimate of drug-likeness (QED) is 0.193. The highest BCUT2D eigenvalue weighted by Crippen LogP contribution is 2.24. The Balaban J connectivity index is 2.99. The van der Waals surface area contributed by atoms with Crippen LogP contribution >= 0.6 is 0 Å². The molecule has 0 aromatic heterocycles. The first-order valence-electron chi connectivity index (χ1n) is 8.97. The summed E-state index contributed by atoms with van der Waals surface area (Å²) in [5.41, 5.74) is 0. The van der Waals surface area contributed by atoms with E-state index < -0.39 is 67.6 Å². The number of carbonyl (C=O) groups excluding carboxylic acids is 1. The van der Waals surface area contributed by atoms with E-state index in [1.807, 2.05) is 0 Å². The summed E-state index contributed by atoms with van der Waals surface area (Å²) in [4.78, 5) is 12.3. The van der Waals surface area contributed by atoms with Crippen LogP contribution in [0, 0.1) is 0 Å². The van der Waals surface area contributed by atoms with Gasteiger partial charge in [0.2, 0.25) is 0 Å².